The van der Waals surface area contributed by atoms with Gasteiger partial charge in [-0.1, -0.05) is 25.8 Å². The van der Waals surface area contributed by atoms with E-state index < -0.39 is 0 Å². The highest BCUT2D eigenvalue weighted by molar-refractivity contribution is 5.86. The zero-order valence-electron chi connectivity index (χ0n) is 12.2. The van der Waals surface area contributed by atoms with Gasteiger partial charge in [0.05, 0.1) is 13.2 Å². The summed E-state index contributed by atoms with van der Waals surface area (Å²) in [6.45, 7) is 6.70. The number of esters is 2. The Morgan fingerprint density at radius 1 is 1.15 bits per heavy atom. The van der Waals surface area contributed by atoms with E-state index in [4.69, 9.17) is 14.2 Å². The molecule has 20 heavy (non-hydrogen) atoms. The Morgan fingerprint density at radius 3 is 2.45 bits per heavy atom. The first kappa shape index (κ1) is 16.7. The summed E-state index contributed by atoms with van der Waals surface area (Å²) in [5.74, 6) is -0.469. The van der Waals surface area contributed by atoms with Crippen LogP contribution in [0.5, 0.6) is 0 Å². The Labute approximate surface area is 120 Å². The Morgan fingerprint density at radius 2 is 1.80 bits per heavy atom. The number of ether oxygens (including phenoxy) is 3. The van der Waals surface area contributed by atoms with Crippen LogP contribution in [0.2, 0.25) is 0 Å². The van der Waals surface area contributed by atoms with Gasteiger partial charge in [0, 0.05) is 12.0 Å². The van der Waals surface area contributed by atoms with Crippen molar-refractivity contribution >= 4 is 11.9 Å². The summed E-state index contributed by atoms with van der Waals surface area (Å²) < 4.78 is 15.0. The molecule has 1 saturated heterocycles. The molecule has 0 bridgehead atoms. The molecule has 0 spiro atoms. The Bertz CT molecular complexity index is 333. The van der Waals surface area contributed by atoms with Gasteiger partial charge >= 0.3 is 11.9 Å². The molecule has 0 aromatic heterocycles. The molecule has 1 aliphatic heterocycles. The smallest absolute Gasteiger partial charge is 0.333 e. The predicted octanol–water partition coefficient (Wildman–Crippen LogP) is 2.39. The first-order valence-corrected chi connectivity index (χ1v) is 7.19. The molecular formula is C15H24O5. The van der Waals surface area contributed by atoms with E-state index in [2.05, 4.69) is 6.58 Å². The molecule has 1 unspecified atom stereocenters. The molecule has 0 aromatic carbocycles. The maximum atomic E-state index is 11.3. The summed E-state index contributed by atoms with van der Waals surface area (Å²) in [4.78, 5) is 22.4. The minimum Gasteiger partial charge on any atom is -0.463 e. The lowest BCUT2D eigenvalue weighted by atomic mass is 10.1. The second-order valence-corrected chi connectivity index (χ2v) is 5.07. The number of unbranched alkanes of at least 4 members (excludes halogenated alkanes) is 4. The largest absolute Gasteiger partial charge is 0.463 e. The van der Waals surface area contributed by atoms with Gasteiger partial charge in [0.2, 0.25) is 0 Å². The van der Waals surface area contributed by atoms with E-state index in [-0.39, 0.29) is 18.0 Å². The van der Waals surface area contributed by atoms with Crippen molar-refractivity contribution in [3.8, 4) is 0 Å². The Hall–Kier alpha value is -1.36. The van der Waals surface area contributed by atoms with Gasteiger partial charge in [0.15, 0.2) is 0 Å². The number of hydrogen-bond donors (Lipinski definition) is 0. The van der Waals surface area contributed by atoms with Gasteiger partial charge in [-0.2, -0.15) is 0 Å². The molecule has 1 aliphatic rings. The van der Waals surface area contributed by atoms with Crippen molar-refractivity contribution in [3.63, 3.8) is 0 Å². The van der Waals surface area contributed by atoms with Crippen molar-refractivity contribution in [3.05, 3.63) is 12.2 Å². The van der Waals surface area contributed by atoms with Crippen LogP contribution in [0.1, 0.15) is 45.4 Å². The molecule has 1 fully saturated rings. The molecular weight excluding hydrogens is 260 g/mol. The highest BCUT2D eigenvalue weighted by atomic mass is 16.6. The van der Waals surface area contributed by atoms with Crippen LogP contribution in [-0.4, -0.2) is 37.9 Å². The van der Waals surface area contributed by atoms with E-state index in [1.54, 1.807) is 6.92 Å². The zero-order chi connectivity index (χ0) is 14.8. The van der Waals surface area contributed by atoms with E-state index in [1.165, 1.54) is 0 Å². The molecule has 1 atom stereocenters. The maximum absolute atomic E-state index is 11.3. The summed E-state index contributed by atoms with van der Waals surface area (Å²) in [7, 11) is 0. The second-order valence-electron chi connectivity index (χ2n) is 5.07. The fraction of sp³-hybridized carbons (Fsp3) is 0.733. The van der Waals surface area contributed by atoms with Gasteiger partial charge in [0.1, 0.15) is 12.7 Å². The monoisotopic (exact) mass is 284 g/mol. The quantitative estimate of drug-likeness (QED) is 0.252. The number of epoxide rings is 1. The van der Waals surface area contributed by atoms with Crippen molar-refractivity contribution in [2.75, 3.05) is 19.8 Å². The molecule has 0 radical (unpaired) electrons. The highest BCUT2D eigenvalue weighted by Gasteiger charge is 2.23. The first-order valence-electron chi connectivity index (χ1n) is 7.19. The van der Waals surface area contributed by atoms with Crippen LogP contribution in [0.15, 0.2) is 12.2 Å². The molecule has 114 valence electrons. The zero-order valence-corrected chi connectivity index (χ0v) is 12.2. The summed E-state index contributed by atoms with van der Waals surface area (Å²) in [5, 5.41) is 0. The van der Waals surface area contributed by atoms with Crippen molar-refractivity contribution < 1.29 is 23.8 Å². The molecule has 5 nitrogen and oxygen atoms in total. The average molecular weight is 284 g/mol. The molecule has 5 heteroatoms. The third-order valence-corrected chi connectivity index (χ3v) is 2.94. The molecule has 0 saturated carbocycles. The average Bonchev–Trinajstić information content (AvgIpc) is 3.23. The van der Waals surface area contributed by atoms with Crippen LogP contribution in [0.4, 0.5) is 0 Å². The van der Waals surface area contributed by atoms with Crippen LogP contribution in [0.25, 0.3) is 0 Å². The Kier molecular flexibility index (Phi) is 7.95. The van der Waals surface area contributed by atoms with E-state index >= 15 is 0 Å². The lowest BCUT2D eigenvalue weighted by Gasteiger charge is -2.04. The van der Waals surface area contributed by atoms with Crippen molar-refractivity contribution in [2.24, 2.45) is 0 Å². The van der Waals surface area contributed by atoms with Crippen molar-refractivity contribution in [1.29, 1.82) is 0 Å². The minimum atomic E-state index is -0.326. The summed E-state index contributed by atoms with van der Waals surface area (Å²) in [6.07, 6.45) is 5.32. The molecule has 0 aliphatic carbocycles. The lowest BCUT2D eigenvalue weighted by molar-refractivity contribution is -0.144. The van der Waals surface area contributed by atoms with Crippen LogP contribution in [-0.2, 0) is 23.8 Å². The highest BCUT2D eigenvalue weighted by Crippen LogP contribution is 2.10. The minimum absolute atomic E-state index is 0.140. The molecule has 1 heterocycles. The predicted molar refractivity (Wildman–Crippen MR) is 74.2 cm³/mol. The number of carbonyl (C=O) groups is 2. The summed E-state index contributed by atoms with van der Waals surface area (Å²) in [6, 6.07) is 0. The number of rotatable bonds is 11. The van der Waals surface area contributed by atoms with E-state index in [1.807, 2.05) is 0 Å². The normalized spacial score (nSPS) is 16.6. The van der Waals surface area contributed by atoms with Gasteiger partial charge in [0.25, 0.3) is 0 Å². The summed E-state index contributed by atoms with van der Waals surface area (Å²) in [5.41, 5.74) is 0.431. The second kappa shape index (κ2) is 9.53. The molecule has 0 N–H and O–H groups in total. The molecule has 0 amide bonds. The van der Waals surface area contributed by atoms with Crippen LogP contribution in [0.3, 0.4) is 0 Å². The van der Waals surface area contributed by atoms with Crippen LogP contribution < -0.4 is 0 Å². The van der Waals surface area contributed by atoms with Gasteiger partial charge in [-0.25, -0.2) is 4.79 Å². The van der Waals surface area contributed by atoms with Crippen LogP contribution >= 0.6 is 0 Å². The third kappa shape index (κ3) is 8.69. The van der Waals surface area contributed by atoms with Crippen molar-refractivity contribution in [1.82, 2.24) is 0 Å². The molecule has 1 rings (SSSR count). The van der Waals surface area contributed by atoms with Gasteiger partial charge in [-0.15, -0.1) is 0 Å². The van der Waals surface area contributed by atoms with Gasteiger partial charge in [-0.3, -0.25) is 4.79 Å². The fourth-order valence-corrected chi connectivity index (χ4v) is 1.61. The van der Waals surface area contributed by atoms with E-state index in [0.717, 1.165) is 32.1 Å². The number of carbonyl (C=O) groups excluding carboxylic acids is 2. The van der Waals surface area contributed by atoms with E-state index in [9.17, 15) is 9.59 Å². The molecule has 0 aromatic rings. The van der Waals surface area contributed by atoms with Crippen LogP contribution in [0, 0.1) is 0 Å². The standard InChI is InChI=1S/C15H24O5/c1-12(2)15(17)18-9-7-5-3-4-6-8-14(16)20-11-13-10-19-13/h13H,1,3-11H2,2H3. The summed E-state index contributed by atoms with van der Waals surface area (Å²) >= 11 is 0. The third-order valence-electron chi connectivity index (χ3n) is 2.94. The fourth-order valence-electron chi connectivity index (χ4n) is 1.61. The SMILES string of the molecule is C=C(C)C(=O)OCCCCCCCC(=O)OCC1CO1. The first-order chi connectivity index (χ1) is 9.59. The lowest BCUT2D eigenvalue weighted by Crippen LogP contribution is -2.09. The van der Waals surface area contributed by atoms with E-state index in [0.29, 0.717) is 31.8 Å². The maximum Gasteiger partial charge on any atom is 0.333 e. The Balaban J connectivity index is 1.80. The van der Waals surface area contributed by atoms with Gasteiger partial charge in [-0.05, 0) is 19.8 Å². The topological polar surface area (TPSA) is 65.1 Å². The number of hydrogen-bond acceptors (Lipinski definition) is 5. The van der Waals surface area contributed by atoms with Crippen molar-refractivity contribution in [2.45, 2.75) is 51.6 Å². The van der Waals surface area contributed by atoms with Gasteiger partial charge < -0.3 is 14.2 Å².